The maximum atomic E-state index is 9.68. The topological polar surface area (TPSA) is 98.5 Å². The highest BCUT2D eigenvalue weighted by Gasteiger charge is 2.26. The maximum Gasteiger partial charge on any atom is 0.108 e. The van der Waals surface area contributed by atoms with Gasteiger partial charge in [0.05, 0.1) is 36.0 Å². The van der Waals surface area contributed by atoms with Gasteiger partial charge in [0, 0.05) is 11.6 Å². The van der Waals surface area contributed by atoms with Gasteiger partial charge in [-0.25, -0.2) is 5.87 Å². The fraction of sp³-hybridized carbons (Fsp3) is 0.231. The highest BCUT2D eigenvalue weighted by Crippen LogP contribution is 2.35. The first-order chi connectivity index (χ1) is 15.3. The van der Waals surface area contributed by atoms with Gasteiger partial charge >= 0.3 is 0 Å². The molecule has 2 aliphatic heterocycles. The molecule has 4 rings (SSSR count). The lowest BCUT2D eigenvalue weighted by atomic mass is 9.85. The number of nitrogens with zero attached hydrogens (tertiary/aromatic N) is 3. The van der Waals surface area contributed by atoms with E-state index in [-0.39, 0.29) is 17.2 Å². The van der Waals surface area contributed by atoms with Crippen LogP contribution < -0.4 is 10.6 Å². The molecule has 5 nitrogen and oxygen atoms in total. The Bertz CT molecular complexity index is 1060. The zero-order chi connectivity index (χ0) is 21.9. The van der Waals surface area contributed by atoms with Gasteiger partial charge in [-0.3, -0.25) is 0 Å². The highest BCUT2D eigenvalue weighted by molar-refractivity contribution is 5.80. The molecular formula is C26H25N5. The van der Waals surface area contributed by atoms with Crippen LogP contribution in [0.4, 0.5) is 0 Å². The minimum Gasteiger partial charge on any atom is -0.762 e. The maximum absolute atomic E-state index is 9.68. The standard InChI is InChI=1S/C21H13N4.C5H11N/c22-12-17(13-23)21-19(14-24)18(15-7-3-1-4-8-15)11-20(25-21)16-9-5-2-6-10-16;1-2-4-6-5-3-1/h1-11,18,25H;6H,1-5H2/q-1;/p+1. The number of hydrogen-bond donors (Lipinski definition) is 2. The molecule has 0 spiro atoms. The number of nitriles is 2. The van der Waals surface area contributed by atoms with Crippen molar-refractivity contribution in [3.63, 3.8) is 0 Å². The molecule has 2 aromatic carbocycles. The minimum atomic E-state index is -0.325. The molecule has 154 valence electrons. The average Bonchev–Trinajstić information content (AvgIpc) is 2.87. The van der Waals surface area contributed by atoms with Gasteiger partial charge in [0.1, 0.15) is 6.07 Å². The van der Waals surface area contributed by atoms with E-state index in [1.165, 1.54) is 32.4 Å². The molecule has 1 fully saturated rings. The van der Waals surface area contributed by atoms with Crippen LogP contribution in [0.2, 0.25) is 0 Å². The van der Waals surface area contributed by atoms with Gasteiger partial charge in [0.15, 0.2) is 0 Å². The van der Waals surface area contributed by atoms with Crippen LogP contribution in [0.5, 0.6) is 0 Å². The molecular weight excluding hydrogens is 382 g/mol. The molecule has 0 aliphatic carbocycles. The van der Waals surface area contributed by atoms with Crippen molar-refractivity contribution in [2.75, 3.05) is 13.1 Å². The van der Waals surface area contributed by atoms with Crippen LogP contribution >= 0.6 is 0 Å². The molecule has 0 aromatic heterocycles. The molecule has 2 aliphatic rings. The van der Waals surface area contributed by atoms with Gasteiger partial charge in [-0.1, -0.05) is 60.7 Å². The first kappa shape index (κ1) is 21.8. The number of rotatable bonds is 3. The number of dihydropyridines is 1. The summed E-state index contributed by atoms with van der Waals surface area (Å²) in [4.78, 5) is 0. The Morgan fingerprint density at radius 2 is 1.58 bits per heavy atom. The van der Waals surface area contributed by atoms with Crippen molar-refractivity contribution >= 4 is 11.6 Å². The van der Waals surface area contributed by atoms with E-state index in [1.807, 2.05) is 78.7 Å². The number of piperidine rings is 1. The number of allylic oxidation sites excluding steroid dienone is 3. The number of nitrogens with two attached hydrogens (primary N) is 1. The van der Waals surface area contributed by atoms with Crippen LogP contribution in [-0.4, -0.2) is 19.0 Å². The van der Waals surface area contributed by atoms with Gasteiger partial charge < -0.3 is 16.0 Å². The molecule has 3 N–H and O–H groups in total. The number of quaternary nitrogens is 1. The van der Waals surface area contributed by atoms with Gasteiger partial charge in [-0.15, -0.1) is 0 Å². The molecule has 2 aromatic rings. The number of benzene rings is 2. The summed E-state index contributed by atoms with van der Waals surface area (Å²) in [6, 6.07) is 23.3. The number of nitrogens with one attached hydrogen (secondary N) is 1. The Labute approximate surface area is 183 Å². The second-order valence-corrected chi connectivity index (χ2v) is 7.39. The van der Waals surface area contributed by atoms with Crippen LogP contribution in [0.1, 0.15) is 36.3 Å². The van der Waals surface area contributed by atoms with Gasteiger partial charge in [0.2, 0.25) is 0 Å². The third-order valence-corrected chi connectivity index (χ3v) is 5.33. The molecule has 2 heterocycles. The minimum absolute atomic E-state index is 0.0981. The molecule has 1 unspecified atom stereocenters. The van der Waals surface area contributed by atoms with Crippen molar-refractivity contribution in [2.24, 2.45) is 0 Å². The fourth-order valence-electron chi connectivity index (χ4n) is 3.72. The summed E-state index contributed by atoms with van der Waals surface area (Å²) in [5.41, 5.74) is 3.17. The number of hydrogen-bond acceptors (Lipinski definition) is 3. The quantitative estimate of drug-likeness (QED) is 0.600. The molecule has 1 atom stereocenters. The highest BCUT2D eigenvalue weighted by atomic mass is 14.9. The van der Waals surface area contributed by atoms with Crippen LogP contribution in [0, 0.1) is 22.7 Å². The Kier molecular flexibility index (Phi) is 7.97. The van der Waals surface area contributed by atoms with E-state index in [0.717, 1.165) is 16.8 Å². The SMILES string of the molecule is C1CC[NH2+]CC1.N#CC(=C=[N-])C1=C(C#N)C(c2ccccc2)C=C(c2ccccc2)N1. The predicted octanol–water partition coefficient (Wildman–Crippen LogP) is 3.61. The first-order valence-electron chi connectivity index (χ1n) is 10.5. The molecule has 0 saturated carbocycles. The Morgan fingerprint density at radius 1 is 0.935 bits per heavy atom. The lowest BCUT2D eigenvalue weighted by Crippen LogP contribution is -2.85. The predicted molar refractivity (Wildman–Crippen MR) is 122 cm³/mol. The summed E-state index contributed by atoms with van der Waals surface area (Å²) in [6.45, 7) is 2.75. The Balaban J connectivity index is 0.000000391. The largest absolute Gasteiger partial charge is 0.762 e. The zero-order valence-electron chi connectivity index (χ0n) is 17.4. The summed E-state index contributed by atoms with van der Waals surface area (Å²) < 4.78 is 0. The van der Waals surface area contributed by atoms with E-state index in [4.69, 9.17) is 0 Å². The fourth-order valence-corrected chi connectivity index (χ4v) is 3.72. The van der Waals surface area contributed by atoms with Crippen LogP contribution in [0.15, 0.2) is 83.6 Å². The third-order valence-electron chi connectivity index (χ3n) is 5.33. The molecule has 0 radical (unpaired) electrons. The van der Waals surface area contributed by atoms with Gasteiger partial charge in [-0.2, -0.15) is 10.5 Å². The van der Waals surface area contributed by atoms with Gasteiger partial charge in [-0.05, 0) is 36.5 Å². The van der Waals surface area contributed by atoms with Crippen molar-refractivity contribution in [1.82, 2.24) is 5.32 Å². The van der Waals surface area contributed by atoms with E-state index >= 15 is 0 Å². The van der Waals surface area contributed by atoms with E-state index in [9.17, 15) is 15.9 Å². The van der Waals surface area contributed by atoms with Gasteiger partial charge in [0.25, 0.3) is 0 Å². The Morgan fingerprint density at radius 3 is 2.06 bits per heavy atom. The van der Waals surface area contributed by atoms with Crippen LogP contribution in [-0.2, 0) is 0 Å². The van der Waals surface area contributed by atoms with E-state index < -0.39 is 0 Å². The van der Waals surface area contributed by atoms with Crippen molar-refractivity contribution in [3.8, 4) is 12.1 Å². The third kappa shape index (κ3) is 5.59. The summed E-state index contributed by atoms with van der Waals surface area (Å²) in [5, 5.41) is 33.8. The van der Waals surface area contributed by atoms with Crippen molar-refractivity contribution in [1.29, 1.82) is 10.5 Å². The molecule has 1 saturated heterocycles. The Hall–Kier alpha value is -3.89. The molecule has 0 bridgehead atoms. The van der Waals surface area contributed by atoms with E-state index in [1.54, 1.807) is 0 Å². The van der Waals surface area contributed by atoms with Crippen molar-refractivity contribution in [3.05, 3.63) is 100 Å². The smallest absolute Gasteiger partial charge is 0.108 e. The lowest BCUT2D eigenvalue weighted by Gasteiger charge is -2.26. The molecule has 31 heavy (non-hydrogen) atoms. The van der Waals surface area contributed by atoms with Crippen molar-refractivity contribution in [2.45, 2.75) is 25.2 Å². The normalized spacial score (nSPS) is 17.5. The van der Waals surface area contributed by atoms with E-state index in [0.29, 0.717) is 5.57 Å². The summed E-state index contributed by atoms with van der Waals surface area (Å²) in [5.74, 6) is 1.56. The second kappa shape index (κ2) is 11.3. The average molecular weight is 408 g/mol. The zero-order valence-corrected chi connectivity index (χ0v) is 17.4. The second-order valence-electron chi connectivity index (χ2n) is 7.39. The molecule has 5 heteroatoms. The van der Waals surface area contributed by atoms with Crippen LogP contribution in [0.25, 0.3) is 11.1 Å². The summed E-state index contributed by atoms with van der Waals surface area (Å²) in [7, 11) is 0. The monoisotopic (exact) mass is 407 g/mol. The first-order valence-corrected chi connectivity index (χ1v) is 10.5. The molecule has 0 amide bonds. The van der Waals surface area contributed by atoms with E-state index in [2.05, 4.69) is 16.7 Å². The van der Waals surface area contributed by atoms with Crippen molar-refractivity contribution < 1.29 is 5.32 Å². The van der Waals surface area contributed by atoms with Crippen LogP contribution in [0.3, 0.4) is 0 Å². The summed E-state index contributed by atoms with van der Waals surface area (Å²) in [6.07, 6.45) is 6.32. The summed E-state index contributed by atoms with van der Waals surface area (Å²) >= 11 is 0. The lowest BCUT2D eigenvalue weighted by molar-refractivity contribution is -0.662.